The minimum atomic E-state index is -0.505. The number of aryl methyl sites for hydroxylation is 1. The molecule has 3 aliphatic rings. The molecule has 3 aliphatic heterocycles. The van der Waals surface area contributed by atoms with Crippen LogP contribution in [0.5, 0.6) is 5.75 Å². The number of nitrogens with one attached hydrogen (secondary N) is 1. The Kier molecular flexibility index (Phi) is 4.74. The van der Waals surface area contributed by atoms with Gasteiger partial charge in [-0.25, -0.2) is 4.79 Å². The van der Waals surface area contributed by atoms with Crippen molar-refractivity contribution in [2.75, 3.05) is 39.8 Å². The summed E-state index contributed by atoms with van der Waals surface area (Å²) in [6.45, 7) is 4.39. The van der Waals surface area contributed by atoms with Gasteiger partial charge in [-0.05, 0) is 20.0 Å². The molecule has 0 unspecified atom stereocenters. The molecule has 3 heterocycles. The molecule has 1 spiro atoms. The molecule has 1 N–H and O–H groups in total. The van der Waals surface area contributed by atoms with Crippen LogP contribution in [-0.4, -0.2) is 77.9 Å². The van der Waals surface area contributed by atoms with Crippen molar-refractivity contribution in [2.24, 2.45) is 0 Å². The molecule has 0 atom stereocenters. The molecular weight excluding hydrogens is 360 g/mol. The summed E-state index contributed by atoms with van der Waals surface area (Å²) in [6, 6.07) is 5.54. The van der Waals surface area contributed by atoms with E-state index in [0.29, 0.717) is 13.1 Å². The predicted molar refractivity (Wildman–Crippen MR) is 102 cm³/mol. The Hall–Kier alpha value is -2.61. The van der Waals surface area contributed by atoms with Crippen LogP contribution in [0.2, 0.25) is 0 Å². The van der Waals surface area contributed by atoms with Crippen molar-refractivity contribution in [2.45, 2.75) is 31.9 Å². The smallest absolute Gasteiger partial charge is 0.325 e. The monoisotopic (exact) mass is 386 g/mol. The van der Waals surface area contributed by atoms with Crippen molar-refractivity contribution in [3.63, 3.8) is 0 Å². The van der Waals surface area contributed by atoms with Crippen molar-refractivity contribution in [3.8, 4) is 5.75 Å². The lowest BCUT2D eigenvalue weighted by molar-refractivity contribution is -0.139. The zero-order valence-corrected chi connectivity index (χ0v) is 16.4. The number of imide groups is 1. The molecule has 0 bridgehead atoms. The van der Waals surface area contributed by atoms with Gasteiger partial charge in [0, 0.05) is 38.0 Å². The lowest BCUT2D eigenvalue weighted by Crippen LogP contribution is -2.54. The molecule has 8 heteroatoms. The van der Waals surface area contributed by atoms with Crippen molar-refractivity contribution < 1.29 is 19.1 Å². The van der Waals surface area contributed by atoms with Crippen molar-refractivity contribution in [1.29, 1.82) is 0 Å². The quantitative estimate of drug-likeness (QED) is 0.758. The van der Waals surface area contributed by atoms with E-state index >= 15 is 0 Å². The van der Waals surface area contributed by atoms with E-state index in [0.717, 1.165) is 47.7 Å². The highest BCUT2D eigenvalue weighted by atomic mass is 16.5. The number of nitrogens with zero attached hydrogens (tertiary/aromatic N) is 3. The molecule has 8 nitrogen and oxygen atoms in total. The van der Waals surface area contributed by atoms with Gasteiger partial charge < -0.3 is 19.9 Å². The Labute approximate surface area is 164 Å². The zero-order chi connectivity index (χ0) is 19.9. The minimum absolute atomic E-state index is 0.0481. The van der Waals surface area contributed by atoms with Crippen molar-refractivity contribution >= 4 is 17.8 Å². The van der Waals surface area contributed by atoms with Gasteiger partial charge in [0.05, 0.1) is 13.1 Å². The molecule has 1 aromatic rings. The van der Waals surface area contributed by atoms with Crippen LogP contribution in [0.15, 0.2) is 18.2 Å². The van der Waals surface area contributed by atoms with Gasteiger partial charge in [0.2, 0.25) is 5.91 Å². The average molecular weight is 386 g/mol. The van der Waals surface area contributed by atoms with Gasteiger partial charge in [0.1, 0.15) is 17.9 Å². The SMILES string of the molecule is Cc1ccc2c(c1)CN(C(=O)CN1C(=O)CNC1=O)CC1(CCN(C)CC1)O2. The maximum absolute atomic E-state index is 13.1. The summed E-state index contributed by atoms with van der Waals surface area (Å²) in [5.41, 5.74) is 1.62. The van der Waals surface area contributed by atoms with Gasteiger partial charge in [0.15, 0.2) is 0 Å². The predicted octanol–water partition coefficient (Wildman–Crippen LogP) is 0.732. The molecular formula is C20H26N4O4. The molecule has 4 rings (SSSR count). The Bertz CT molecular complexity index is 800. The van der Waals surface area contributed by atoms with Gasteiger partial charge in [-0.3, -0.25) is 14.5 Å². The number of ether oxygens (including phenoxy) is 1. The maximum Gasteiger partial charge on any atom is 0.325 e. The standard InChI is InChI=1S/C20H26N4O4/c1-14-3-4-16-15(9-14)11-23(13-20(28-16)5-7-22(2)8-6-20)18(26)12-24-17(25)10-21-19(24)27/h3-4,9H,5-8,10-13H2,1-2H3,(H,21,27). The first-order valence-corrected chi connectivity index (χ1v) is 9.68. The van der Waals surface area contributed by atoms with Gasteiger partial charge in [-0.15, -0.1) is 0 Å². The number of amides is 4. The molecule has 0 radical (unpaired) electrons. The van der Waals surface area contributed by atoms with Crippen LogP contribution in [0.3, 0.4) is 0 Å². The molecule has 0 aromatic heterocycles. The number of likely N-dealkylation sites (tertiary alicyclic amines) is 1. The molecule has 2 saturated heterocycles. The molecule has 0 saturated carbocycles. The summed E-state index contributed by atoms with van der Waals surface area (Å²) in [4.78, 5) is 41.8. The highest BCUT2D eigenvalue weighted by molar-refractivity contribution is 6.04. The van der Waals surface area contributed by atoms with Crippen molar-refractivity contribution in [3.05, 3.63) is 29.3 Å². The van der Waals surface area contributed by atoms with E-state index < -0.39 is 11.6 Å². The summed E-state index contributed by atoms with van der Waals surface area (Å²) in [5, 5.41) is 2.46. The number of hydrogen-bond donors (Lipinski definition) is 1. The fourth-order valence-electron chi connectivity index (χ4n) is 4.12. The Morgan fingerprint density at radius 3 is 2.68 bits per heavy atom. The molecule has 2 fully saturated rings. The number of rotatable bonds is 2. The largest absolute Gasteiger partial charge is 0.485 e. The summed E-state index contributed by atoms with van der Waals surface area (Å²) >= 11 is 0. The number of urea groups is 1. The fraction of sp³-hybridized carbons (Fsp3) is 0.550. The lowest BCUT2D eigenvalue weighted by Gasteiger charge is -2.41. The first-order chi connectivity index (χ1) is 13.3. The third-order valence-electron chi connectivity index (χ3n) is 5.86. The van der Waals surface area contributed by atoms with E-state index in [4.69, 9.17) is 4.74 Å². The summed E-state index contributed by atoms with van der Waals surface area (Å²) in [5.74, 6) is 0.219. The van der Waals surface area contributed by atoms with E-state index in [-0.39, 0.29) is 24.9 Å². The third-order valence-corrected chi connectivity index (χ3v) is 5.86. The number of carbonyl (C=O) groups is 3. The van der Waals surface area contributed by atoms with Crippen LogP contribution in [0.1, 0.15) is 24.0 Å². The summed E-state index contributed by atoms with van der Waals surface area (Å²) < 4.78 is 6.50. The topological polar surface area (TPSA) is 82.2 Å². The molecule has 150 valence electrons. The number of carbonyl (C=O) groups excluding carboxylic acids is 3. The van der Waals surface area contributed by atoms with Gasteiger partial charge in [-0.2, -0.15) is 0 Å². The van der Waals surface area contributed by atoms with E-state index in [9.17, 15) is 14.4 Å². The normalized spacial score (nSPS) is 21.9. The van der Waals surface area contributed by atoms with E-state index in [1.807, 2.05) is 25.1 Å². The average Bonchev–Trinajstić information content (AvgIpc) is 2.89. The Morgan fingerprint density at radius 1 is 1.25 bits per heavy atom. The van der Waals surface area contributed by atoms with E-state index in [2.05, 4.69) is 17.3 Å². The Balaban J connectivity index is 1.61. The van der Waals surface area contributed by atoms with E-state index in [1.54, 1.807) is 4.90 Å². The molecule has 4 amide bonds. The molecule has 28 heavy (non-hydrogen) atoms. The summed E-state index contributed by atoms with van der Waals surface area (Å²) in [6.07, 6.45) is 1.65. The van der Waals surface area contributed by atoms with Gasteiger partial charge >= 0.3 is 6.03 Å². The number of hydrogen-bond acceptors (Lipinski definition) is 5. The van der Waals surface area contributed by atoms with Crippen LogP contribution < -0.4 is 10.1 Å². The summed E-state index contributed by atoms with van der Waals surface area (Å²) in [7, 11) is 2.08. The highest BCUT2D eigenvalue weighted by Crippen LogP contribution is 2.35. The van der Waals surface area contributed by atoms with Crippen LogP contribution in [0.25, 0.3) is 0 Å². The van der Waals surface area contributed by atoms with Gasteiger partial charge in [-0.1, -0.05) is 17.7 Å². The number of piperidine rings is 1. The fourth-order valence-corrected chi connectivity index (χ4v) is 4.12. The van der Waals surface area contributed by atoms with Crippen LogP contribution in [0, 0.1) is 6.92 Å². The molecule has 1 aromatic carbocycles. The second-order valence-electron chi connectivity index (χ2n) is 8.09. The van der Waals surface area contributed by atoms with E-state index in [1.165, 1.54) is 0 Å². The van der Waals surface area contributed by atoms with Crippen LogP contribution in [-0.2, 0) is 16.1 Å². The molecule has 0 aliphatic carbocycles. The third kappa shape index (κ3) is 3.56. The second-order valence-corrected chi connectivity index (χ2v) is 8.09. The Morgan fingerprint density at radius 2 is 2.00 bits per heavy atom. The lowest BCUT2D eigenvalue weighted by atomic mass is 9.90. The first-order valence-electron chi connectivity index (χ1n) is 9.68. The van der Waals surface area contributed by atoms with Crippen molar-refractivity contribution in [1.82, 2.24) is 20.0 Å². The van der Waals surface area contributed by atoms with Gasteiger partial charge in [0.25, 0.3) is 5.91 Å². The van der Waals surface area contributed by atoms with Crippen LogP contribution >= 0.6 is 0 Å². The zero-order valence-electron chi connectivity index (χ0n) is 16.4. The minimum Gasteiger partial charge on any atom is -0.485 e. The highest BCUT2D eigenvalue weighted by Gasteiger charge is 2.42. The number of fused-ring (bicyclic) bond motifs is 1. The maximum atomic E-state index is 13.1. The second kappa shape index (κ2) is 7.09. The number of benzene rings is 1. The first kappa shape index (κ1) is 18.7. The van der Waals surface area contributed by atoms with Crippen LogP contribution in [0.4, 0.5) is 4.79 Å².